The largest absolute Gasteiger partial charge is 0.573 e. The van der Waals surface area contributed by atoms with Gasteiger partial charge in [-0.1, -0.05) is 65.3 Å². The first-order valence-corrected chi connectivity index (χ1v) is 14.5. The van der Waals surface area contributed by atoms with Crippen molar-refractivity contribution in [1.82, 2.24) is 31.0 Å². The number of nitrogens with zero attached hydrogens (tertiary/aromatic N) is 6. The van der Waals surface area contributed by atoms with E-state index in [9.17, 15) is 28.0 Å². The third-order valence-electron chi connectivity index (χ3n) is 6.64. The van der Waals surface area contributed by atoms with Crippen LogP contribution in [0, 0.1) is 18.6 Å². The summed E-state index contributed by atoms with van der Waals surface area (Å²) in [7, 11) is 0. The minimum Gasteiger partial charge on any atom is -0.573 e. The number of aromatic nitrogens is 4. The molecule has 0 saturated carbocycles. The van der Waals surface area contributed by atoms with E-state index in [4.69, 9.17) is 0 Å². The minimum atomic E-state index is -0.556. The topological polar surface area (TPSA) is 153 Å². The van der Waals surface area contributed by atoms with E-state index in [0.717, 1.165) is 0 Å². The molecule has 2 fully saturated rings. The maximum absolute atomic E-state index is 14.1. The molecule has 2 saturated heterocycles. The van der Waals surface area contributed by atoms with Crippen LogP contribution in [0.25, 0.3) is 21.8 Å². The molecule has 2 aliphatic rings. The number of fused-ring (bicyclic) bond motifs is 2. The molecule has 0 spiro atoms. The van der Waals surface area contributed by atoms with Gasteiger partial charge in [0.15, 0.2) is 0 Å². The molecule has 6 rings (SSSR count). The zero-order valence-corrected chi connectivity index (χ0v) is 32.0. The smallest absolute Gasteiger partial charge is 0.329 e. The second-order valence-electron chi connectivity index (χ2n) is 9.70. The number of anilines is 2. The predicted molar refractivity (Wildman–Crippen MR) is 163 cm³/mol. The normalized spacial score (nSPS) is 14.1. The first-order valence-electron chi connectivity index (χ1n) is 14.5. The Bertz CT molecular complexity index is 1690. The third-order valence-corrected chi connectivity index (χ3v) is 6.64. The Morgan fingerprint density at radius 3 is 1.78 bits per heavy atom. The number of nitrogens with one attached hydrogen (secondary N) is 2. The Labute approximate surface area is 293 Å². The van der Waals surface area contributed by atoms with Crippen LogP contribution in [0.1, 0.15) is 71.4 Å². The average Bonchev–Trinajstić information content (AvgIpc) is 3.61. The van der Waals surface area contributed by atoms with Gasteiger partial charge in [0.05, 0.1) is 0 Å². The van der Waals surface area contributed by atoms with Crippen molar-refractivity contribution in [1.29, 1.82) is 0 Å². The predicted octanol–water partition coefficient (Wildman–Crippen LogP) is 5.03. The molecule has 2 aliphatic heterocycles. The van der Waals surface area contributed by atoms with Crippen molar-refractivity contribution in [3.05, 3.63) is 47.0 Å². The molecular formula is C30H36F2N8O4Re2-2. The van der Waals surface area contributed by atoms with Crippen molar-refractivity contribution in [3.63, 3.8) is 0 Å². The first-order chi connectivity index (χ1) is 21.0. The maximum atomic E-state index is 14.1. The molecule has 4 heterocycles. The molecule has 0 bridgehead atoms. The fourth-order valence-electron chi connectivity index (χ4n) is 4.46. The molecule has 2 aromatic heterocycles. The molecule has 12 nitrogen and oxygen atoms in total. The zero-order chi connectivity index (χ0) is 32.7. The van der Waals surface area contributed by atoms with Gasteiger partial charge in [0, 0.05) is 77.5 Å². The number of aryl methyl sites for hydroxylation is 1. The van der Waals surface area contributed by atoms with Gasteiger partial charge in [-0.3, -0.25) is 30.0 Å². The zero-order valence-electron chi connectivity index (χ0n) is 26.5. The van der Waals surface area contributed by atoms with E-state index >= 15 is 0 Å². The molecule has 6 amide bonds. The number of hydrogen-bond donors (Lipinski definition) is 2. The van der Waals surface area contributed by atoms with Gasteiger partial charge in [-0.05, 0) is 30.0 Å². The molecule has 250 valence electrons. The van der Waals surface area contributed by atoms with Crippen molar-refractivity contribution in [3.8, 4) is 0 Å². The van der Waals surface area contributed by atoms with Crippen molar-refractivity contribution >= 4 is 57.3 Å². The molecule has 0 atom stereocenters. The van der Waals surface area contributed by atoms with E-state index in [2.05, 4.69) is 31.0 Å². The van der Waals surface area contributed by atoms with E-state index in [-0.39, 0.29) is 107 Å². The van der Waals surface area contributed by atoms with Gasteiger partial charge in [0.25, 0.3) is 0 Å². The minimum absolute atomic E-state index is 0. The van der Waals surface area contributed by atoms with E-state index in [1.165, 1.54) is 15.9 Å². The number of urea groups is 2. The van der Waals surface area contributed by atoms with Gasteiger partial charge in [0.2, 0.25) is 11.8 Å². The molecule has 2 N–H and O–H groups in total. The SMILES string of the molecule is CC.CC.CC(C)c1cc2[n-]nc(N3CCC(=O)NC3=O)c2cc1F.Cc1ccc2c(N3CCC(=O)NC3=O)n[n-]c2c1F.[Re].[Re]. The molecule has 2 radical (unpaired) electrons. The number of carbonyl (C=O) groups is 4. The molecule has 16 heteroatoms. The number of halogens is 2. The molecule has 46 heavy (non-hydrogen) atoms. The van der Waals surface area contributed by atoms with Crippen LogP contribution in [0.2, 0.25) is 0 Å². The van der Waals surface area contributed by atoms with Crippen LogP contribution in [-0.2, 0) is 50.4 Å². The summed E-state index contributed by atoms with van der Waals surface area (Å²) in [6.07, 6.45) is 0.376. The van der Waals surface area contributed by atoms with Gasteiger partial charge in [-0.15, -0.1) is 5.52 Å². The summed E-state index contributed by atoms with van der Waals surface area (Å²) in [4.78, 5) is 48.4. The van der Waals surface area contributed by atoms with Gasteiger partial charge in [-0.2, -0.15) is 0 Å². The van der Waals surface area contributed by atoms with Crippen LogP contribution >= 0.6 is 0 Å². The second kappa shape index (κ2) is 18.0. The Morgan fingerprint density at radius 2 is 1.28 bits per heavy atom. The van der Waals surface area contributed by atoms with Crippen molar-refractivity contribution < 1.29 is 68.8 Å². The summed E-state index contributed by atoms with van der Waals surface area (Å²) >= 11 is 0. The van der Waals surface area contributed by atoms with Gasteiger partial charge in [-0.25, -0.2) is 18.4 Å². The standard InChI is InChI=1S/C14H15FN4O2.C12H11FN4O2.2C2H6.2Re/c1-7(2)8-6-11-9(5-10(8)15)13(18-17-11)19-4-3-12(20)16-14(19)21;1-6-2-3-7-10(9(6)13)15-16-11(7)17-5-4-8(18)14-12(17)19;2*1-2;;/h5-7H,3-4H2,1-2H3,(H2,16,17,18,20,21);2-3H,4-5H2,1H3,(H2,14,15,16,18,19);2*1-2H3;;/p-2. The van der Waals surface area contributed by atoms with Crippen LogP contribution < -0.4 is 30.6 Å². The number of hydrogen-bond acceptors (Lipinski definition) is 6. The number of imide groups is 2. The van der Waals surface area contributed by atoms with Crippen LogP contribution in [0.15, 0.2) is 24.3 Å². The van der Waals surface area contributed by atoms with E-state index < -0.39 is 17.9 Å². The van der Waals surface area contributed by atoms with Gasteiger partial charge < -0.3 is 20.4 Å². The van der Waals surface area contributed by atoms with Crippen molar-refractivity contribution in [2.75, 3.05) is 22.9 Å². The molecule has 4 aromatic rings. The third kappa shape index (κ3) is 8.62. The van der Waals surface area contributed by atoms with Crippen LogP contribution in [0.5, 0.6) is 0 Å². The van der Waals surface area contributed by atoms with Gasteiger partial charge in [0.1, 0.15) is 23.3 Å². The second-order valence-corrected chi connectivity index (χ2v) is 9.70. The van der Waals surface area contributed by atoms with E-state index in [0.29, 0.717) is 27.4 Å². The number of carbonyl (C=O) groups excluding carboxylic acids is 4. The van der Waals surface area contributed by atoms with Crippen LogP contribution in [0.3, 0.4) is 0 Å². The number of amides is 6. The fourth-order valence-corrected chi connectivity index (χ4v) is 4.46. The monoisotopic (exact) mass is 984 g/mol. The molecule has 0 unspecified atom stereocenters. The van der Waals surface area contributed by atoms with Crippen LogP contribution in [0.4, 0.5) is 30.0 Å². The fraction of sp³-hybridized carbons (Fsp3) is 0.400. The van der Waals surface area contributed by atoms with Gasteiger partial charge >= 0.3 is 12.1 Å². The molecular weight excluding hydrogens is 947 g/mol. The Kier molecular flexibility index (Phi) is 15.8. The summed E-state index contributed by atoms with van der Waals surface area (Å²) in [5.41, 5.74) is 1.71. The summed E-state index contributed by atoms with van der Waals surface area (Å²) in [6.45, 7) is 13.9. The Balaban J connectivity index is 0.000000401. The number of benzene rings is 2. The Hall–Kier alpha value is -3.56. The quantitative estimate of drug-likeness (QED) is 0.290. The Morgan fingerprint density at radius 1 is 0.783 bits per heavy atom. The molecule has 2 aromatic carbocycles. The summed E-state index contributed by atoms with van der Waals surface area (Å²) < 4.78 is 28.0. The average molecular weight is 983 g/mol. The van der Waals surface area contributed by atoms with E-state index in [1.807, 2.05) is 41.5 Å². The van der Waals surface area contributed by atoms with Crippen molar-refractivity contribution in [2.24, 2.45) is 0 Å². The summed E-state index contributed by atoms with van der Waals surface area (Å²) in [5.74, 6) is -0.846. The summed E-state index contributed by atoms with van der Waals surface area (Å²) in [6, 6.07) is 5.17. The summed E-state index contributed by atoms with van der Waals surface area (Å²) in [5, 5.41) is 21.0. The van der Waals surface area contributed by atoms with Crippen molar-refractivity contribution in [2.45, 2.75) is 67.2 Å². The first kappa shape index (κ1) is 40.5. The van der Waals surface area contributed by atoms with E-state index in [1.54, 1.807) is 25.1 Å². The van der Waals surface area contributed by atoms with Crippen LogP contribution in [-0.4, -0.2) is 47.2 Å². The maximum Gasteiger partial charge on any atom is 0.329 e. The molecule has 0 aliphatic carbocycles. The number of rotatable bonds is 3.